The van der Waals surface area contributed by atoms with Crippen LogP contribution in [0.1, 0.15) is 109 Å². The van der Waals surface area contributed by atoms with Crippen LogP contribution >= 0.6 is 0 Å². The van der Waals surface area contributed by atoms with Gasteiger partial charge in [-0.3, -0.25) is 9.59 Å². The van der Waals surface area contributed by atoms with Crippen LogP contribution in [0.4, 0.5) is 4.39 Å². The first-order chi connectivity index (χ1) is 15.6. The third-order valence-corrected chi connectivity index (χ3v) is 5.64. The Bertz CT molecular complexity index is 617. The van der Waals surface area contributed by atoms with Crippen LogP contribution in [0.3, 0.4) is 0 Å². The molecule has 0 aliphatic carbocycles. The number of carbonyl (C=O) groups is 2. The van der Waals surface area contributed by atoms with Crippen LogP contribution in [-0.2, 0) is 25.5 Å². The molecule has 0 atom stereocenters. The maximum absolute atomic E-state index is 13.5. The van der Waals surface area contributed by atoms with Crippen LogP contribution in [0.15, 0.2) is 24.3 Å². The normalized spacial score (nSPS) is 10.8. The lowest BCUT2D eigenvalue weighted by Gasteiger charge is -2.07. The Balaban J connectivity index is 1.86. The molecule has 32 heavy (non-hydrogen) atoms. The highest BCUT2D eigenvalue weighted by Crippen LogP contribution is 2.12. The van der Waals surface area contributed by atoms with Crippen LogP contribution in [-0.4, -0.2) is 25.2 Å². The molecule has 1 aromatic rings. The van der Waals surface area contributed by atoms with E-state index < -0.39 is 5.97 Å². The molecule has 182 valence electrons. The lowest BCUT2D eigenvalue weighted by molar-refractivity contribution is -0.150. The molecule has 0 aliphatic heterocycles. The van der Waals surface area contributed by atoms with Gasteiger partial charge in [-0.1, -0.05) is 102 Å². The fourth-order valence-corrected chi connectivity index (χ4v) is 3.63. The molecular formula is C27H43FO4. The van der Waals surface area contributed by atoms with E-state index in [1.54, 1.807) is 18.2 Å². The van der Waals surface area contributed by atoms with Crippen molar-refractivity contribution in [2.24, 2.45) is 0 Å². The standard InChI is InChI=1S/C27H43FO4/c1-2-3-4-5-6-7-8-9-10-11-12-13-16-22-31-26(29)19-20-27(30)32-23-21-24-17-14-15-18-25(24)28/h14-15,17-18H,2-13,16,19-23H2,1H3. The first-order valence-electron chi connectivity index (χ1n) is 12.7. The van der Waals surface area contributed by atoms with Gasteiger partial charge in [0.1, 0.15) is 5.82 Å². The van der Waals surface area contributed by atoms with Crippen molar-refractivity contribution in [2.75, 3.05) is 13.2 Å². The minimum Gasteiger partial charge on any atom is -0.466 e. The van der Waals surface area contributed by atoms with E-state index >= 15 is 0 Å². The summed E-state index contributed by atoms with van der Waals surface area (Å²) in [5.41, 5.74) is 0.512. The number of hydrogen-bond donors (Lipinski definition) is 0. The Morgan fingerprint density at radius 3 is 1.69 bits per heavy atom. The van der Waals surface area contributed by atoms with E-state index in [4.69, 9.17) is 9.47 Å². The number of rotatable bonds is 20. The molecule has 0 unspecified atom stereocenters. The van der Waals surface area contributed by atoms with Crippen molar-refractivity contribution in [2.45, 2.75) is 110 Å². The number of esters is 2. The van der Waals surface area contributed by atoms with E-state index in [1.807, 2.05) is 0 Å². The molecule has 0 radical (unpaired) electrons. The summed E-state index contributed by atoms with van der Waals surface area (Å²) in [6.07, 6.45) is 16.9. The summed E-state index contributed by atoms with van der Waals surface area (Å²) in [6.45, 7) is 2.77. The molecule has 0 N–H and O–H groups in total. The van der Waals surface area contributed by atoms with Gasteiger partial charge in [-0.25, -0.2) is 4.39 Å². The smallest absolute Gasteiger partial charge is 0.306 e. The topological polar surface area (TPSA) is 52.6 Å². The predicted octanol–water partition coefficient (Wildman–Crippen LogP) is 7.33. The second kappa shape index (κ2) is 19.8. The van der Waals surface area contributed by atoms with Gasteiger partial charge in [0, 0.05) is 6.42 Å². The molecule has 0 amide bonds. The van der Waals surface area contributed by atoms with Gasteiger partial charge in [-0.05, 0) is 18.1 Å². The molecule has 1 aromatic carbocycles. The van der Waals surface area contributed by atoms with Crippen LogP contribution in [0.5, 0.6) is 0 Å². The van der Waals surface area contributed by atoms with E-state index in [0.717, 1.165) is 12.8 Å². The van der Waals surface area contributed by atoms with Gasteiger partial charge in [0.2, 0.25) is 0 Å². The molecule has 0 aromatic heterocycles. The van der Waals surface area contributed by atoms with Crippen molar-refractivity contribution in [3.8, 4) is 0 Å². The zero-order chi connectivity index (χ0) is 23.3. The first-order valence-corrected chi connectivity index (χ1v) is 12.7. The van der Waals surface area contributed by atoms with E-state index in [1.165, 1.54) is 76.7 Å². The van der Waals surface area contributed by atoms with Crippen molar-refractivity contribution >= 4 is 11.9 Å². The highest BCUT2D eigenvalue weighted by atomic mass is 19.1. The summed E-state index contributed by atoms with van der Waals surface area (Å²) in [5, 5.41) is 0. The second-order valence-corrected chi connectivity index (χ2v) is 8.52. The Hall–Kier alpha value is -1.91. The summed E-state index contributed by atoms with van der Waals surface area (Å²) in [7, 11) is 0. The molecule has 0 saturated carbocycles. The summed E-state index contributed by atoms with van der Waals surface area (Å²) in [5.74, 6) is -1.13. The first kappa shape index (κ1) is 28.1. The fourth-order valence-electron chi connectivity index (χ4n) is 3.63. The van der Waals surface area contributed by atoms with Gasteiger partial charge in [0.25, 0.3) is 0 Å². The molecule has 0 saturated heterocycles. The van der Waals surface area contributed by atoms with Gasteiger partial charge >= 0.3 is 11.9 Å². The Labute approximate surface area is 194 Å². The summed E-state index contributed by atoms with van der Waals surface area (Å²) in [6, 6.07) is 6.41. The summed E-state index contributed by atoms with van der Waals surface area (Å²) in [4.78, 5) is 23.4. The minimum atomic E-state index is -0.459. The molecule has 0 heterocycles. The number of ether oxygens (including phenoxy) is 2. The lowest BCUT2D eigenvalue weighted by atomic mass is 10.0. The number of benzene rings is 1. The van der Waals surface area contributed by atoms with Crippen LogP contribution in [0.2, 0.25) is 0 Å². The van der Waals surface area contributed by atoms with Crippen LogP contribution in [0, 0.1) is 5.82 Å². The largest absolute Gasteiger partial charge is 0.466 e. The highest BCUT2D eigenvalue weighted by Gasteiger charge is 2.10. The number of hydrogen-bond acceptors (Lipinski definition) is 4. The lowest BCUT2D eigenvalue weighted by Crippen LogP contribution is -2.12. The molecule has 1 rings (SSSR count). The summed E-state index contributed by atoms with van der Waals surface area (Å²) < 4.78 is 23.7. The number of unbranched alkanes of at least 4 members (excludes halogenated alkanes) is 12. The van der Waals surface area contributed by atoms with Gasteiger partial charge in [-0.15, -0.1) is 0 Å². The average Bonchev–Trinajstić information content (AvgIpc) is 2.79. The Morgan fingerprint density at radius 2 is 1.16 bits per heavy atom. The van der Waals surface area contributed by atoms with Gasteiger partial charge < -0.3 is 9.47 Å². The quantitative estimate of drug-likeness (QED) is 0.154. The predicted molar refractivity (Wildman–Crippen MR) is 127 cm³/mol. The van der Waals surface area contributed by atoms with Gasteiger partial charge in [0.05, 0.1) is 26.1 Å². The minimum absolute atomic E-state index is 0.00525. The summed E-state index contributed by atoms with van der Waals surface area (Å²) >= 11 is 0. The Kier molecular flexibility index (Phi) is 17.4. The molecular weight excluding hydrogens is 407 g/mol. The maximum Gasteiger partial charge on any atom is 0.306 e. The molecule has 0 bridgehead atoms. The molecule has 0 fully saturated rings. The van der Waals surface area contributed by atoms with Crippen LogP contribution < -0.4 is 0 Å². The van der Waals surface area contributed by atoms with Crippen molar-refractivity contribution in [3.63, 3.8) is 0 Å². The van der Waals surface area contributed by atoms with Crippen molar-refractivity contribution in [1.29, 1.82) is 0 Å². The zero-order valence-electron chi connectivity index (χ0n) is 20.0. The zero-order valence-corrected chi connectivity index (χ0v) is 20.0. The van der Waals surface area contributed by atoms with E-state index in [2.05, 4.69) is 6.92 Å². The average molecular weight is 451 g/mol. The van der Waals surface area contributed by atoms with Crippen molar-refractivity contribution in [1.82, 2.24) is 0 Å². The van der Waals surface area contributed by atoms with Gasteiger partial charge in [-0.2, -0.15) is 0 Å². The molecule has 4 nitrogen and oxygen atoms in total. The van der Waals surface area contributed by atoms with Crippen molar-refractivity contribution < 1.29 is 23.5 Å². The number of halogens is 1. The highest BCUT2D eigenvalue weighted by molar-refractivity contribution is 5.77. The molecule has 0 aliphatic rings. The van der Waals surface area contributed by atoms with Crippen molar-refractivity contribution in [3.05, 3.63) is 35.6 Å². The molecule has 5 heteroatoms. The van der Waals surface area contributed by atoms with Gasteiger partial charge in [0.15, 0.2) is 0 Å². The molecule has 0 spiro atoms. The maximum atomic E-state index is 13.5. The Morgan fingerprint density at radius 1 is 0.688 bits per heavy atom. The SMILES string of the molecule is CCCCCCCCCCCCCCCOC(=O)CCC(=O)OCCc1ccccc1F. The van der Waals surface area contributed by atoms with E-state index in [0.29, 0.717) is 18.6 Å². The fraction of sp³-hybridized carbons (Fsp3) is 0.704. The van der Waals surface area contributed by atoms with E-state index in [-0.39, 0.29) is 31.2 Å². The van der Waals surface area contributed by atoms with Crippen LogP contribution in [0.25, 0.3) is 0 Å². The monoisotopic (exact) mass is 450 g/mol. The second-order valence-electron chi connectivity index (χ2n) is 8.52. The number of carbonyl (C=O) groups excluding carboxylic acids is 2. The third kappa shape index (κ3) is 15.8. The third-order valence-electron chi connectivity index (χ3n) is 5.64. The van der Waals surface area contributed by atoms with E-state index in [9.17, 15) is 14.0 Å².